The molecule has 23 heavy (non-hydrogen) atoms. The first kappa shape index (κ1) is 15.8. The van der Waals surface area contributed by atoms with E-state index in [2.05, 4.69) is 10.3 Å². The molecule has 7 heteroatoms. The third-order valence-corrected chi connectivity index (χ3v) is 4.89. The molecule has 0 unspecified atom stereocenters. The smallest absolute Gasteiger partial charge is 0.252 e. The number of fused-ring (bicyclic) bond motifs is 1. The van der Waals surface area contributed by atoms with E-state index in [-0.39, 0.29) is 5.91 Å². The number of nitrogens with zero attached hydrogens (tertiary/aromatic N) is 2. The summed E-state index contributed by atoms with van der Waals surface area (Å²) in [6, 6.07) is 5.45. The maximum atomic E-state index is 12.2. The van der Waals surface area contributed by atoms with Gasteiger partial charge in [0.1, 0.15) is 11.6 Å². The van der Waals surface area contributed by atoms with Crippen LogP contribution in [0, 0.1) is 6.92 Å². The molecule has 3 aromatic rings. The van der Waals surface area contributed by atoms with Crippen LogP contribution in [-0.2, 0) is 13.6 Å². The molecular weight excluding hydrogens is 334 g/mol. The summed E-state index contributed by atoms with van der Waals surface area (Å²) in [5.74, 6) is 1.47. The Bertz CT molecular complexity index is 885. The second-order valence-corrected chi connectivity index (χ2v) is 6.70. The van der Waals surface area contributed by atoms with E-state index in [4.69, 9.17) is 16.3 Å². The number of hydrogen-bond donors (Lipinski definition) is 1. The number of amides is 1. The zero-order valence-electron chi connectivity index (χ0n) is 13.0. The second kappa shape index (κ2) is 6.22. The molecule has 5 nitrogen and oxygen atoms in total. The van der Waals surface area contributed by atoms with Crippen molar-refractivity contribution in [3.8, 4) is 5.75 Å². The van der Waals surface area contributed by atoms with Crippen molar-refractivity contribution in [1.29, 1.82) is 0 Å². The molecule has 1 amide bonds. The molecule has 0 atom stereocenters. The SMILES string of the molecule is COc1ccc2nc(C)n(C)c2c1CNC(=O)c1csc(Cl)c1. The number of carbonyl (C=O) groups is 1. The largest absolute Gasteiger partial charge is 0.496 e. The summed E-state index contributed by atoms with van der Waals surface area (Å²) in [4.78, 5) is 16.7. The van der Waals surface area contributed by atoms with E-state index in [1.165, 1.54) is 11.3 Å². The van der Waals surface area contributed by atoms with E-state index >= 15 is 0 Å². The average Bonchev–Trinajstić information content (AvgIpc) is 3.09. The molecule has 0 saturated heterocycles. The molecule has 0 bridgehead atoms. The Balaban J connectivity index is 1.93. The van der Waals surface area contributed by atoms with E-state index in [9.17, 15) is 4.79 Å². The molecule has 0 aliphatic carbocycles. The van der Waals surface area contributed by atoms with Gasteiger partial charge in [0.15, 0.2) is 0 Å². The quantitative estimate of drug-likeness (QED) is 0.783. The monoisotopic (exact) mass is 349 g/mol. The molecule has 0 saturated carbocycles. The standard InChI is InChI=1S/C16H16ClN3O2S/c1-9-19-12-4-5-13(22-3)11(15(12)20(9)2)7-18-16(21)10-6-14(17)23-8-10/h4-6,8H,7H2,1-3H3,(H,18,21). The fourth-order valence-electron chi connectivity index (χ4n) is 2.54. The molecular formula is C16H16ClN3O2S. The van der Waals surface area contributed by atoms with Gasteiger partial charge in [0, 0.05) is 24.5 Å². The van der Waals surface area contributed by atoms with Gasteiger partial charge in [0.05, 0.1) is 28.0 Å². The summed E-state index contributed by atoms with van der Waals surface area (Å²) >= 11 is 7.21. The highest BCUT2D eigenvalue weighted by Crippen LogP contribution is 2.28. The first-order valence-corrected chi connectivity index (χ1v) is 8.28. The summed E-state index contributed by atoms with van der Waals surface area (Å²) in [6.07, 6.45) is 0. The van der Waals surface area contributed by atoms with Crippen molar-refractivity contribution in [2.75, 3.05) is 7.11 Å². The van der Waals surface area contributed by atoms with E-state index in [0.717, 1.165) is 28.2 Å². The van der Waals surface area contributed by atoms with Gasteiger partial charge < -0.3 is 14.6 Å². The zero-order chi connectivity index (χ0) is 16.6. The minimum atomic E-state index is -0.161. The van der Waals surface area contributed by atoms with Crippen molar-refractivity contribution in [2.45, 2.75) is 13.5 Å². The van der Waals surface area contributed by atoms with Gasteiger partial charge in [-0.3, -0.25) is 4.79 Å². The molecule has 0 fully saturated rings. The minimum absolute atomic E-state index is 0.161. The van der Waals surface area contributed by atoms with E-state index in [1.54, 1.807) is 18.6 Å². The van der Waals surface area contributed by atoms with Crippen LogP contribution in [0.4, 0.5) is 0 Å². The fourth-order valence-corrected chi connectivity index (χ4v) is 3.40. The number of imidazole rings is 1. The van der Waals surface area contributed by atoms with Crippen LogP contribution in [-0.4, -0.2) is 22.6 Å². The average molecular weight is 350 g/mol. The predicted octanol–water partition coefficient (Wildman–Crippen LogP) is 3.54. The number of carbonyl (C=O) groups excluding carboxylic acids is 1. The number of rotatable bonds is 4. The van der Waals surface area contributed by atoms with Gasteiger partial charge in [0.25, 0.3) is 5.91 Å². The van der Waals surface area contributed by atoms with Crippen molar-refractivity contribution in [3.63, 3.8) is 0 Å². The number of ether oxygens (including phenoxy) is 1. The van der Waals surface area contributed by atoms with E-state index in [0.29, 0.717) is 16.4 Å². The van der Waals surface area contributed by atoms with Crippen molar-refractivity contribution >= 4 is 39.9 Å². The lowest BCUT2D eigenvalue weighted by Gasteiger charge is -2.12. The maximum Gasteiger partial charge on any atom is 0.252 e. The first-order valence-electron chi connectivity index (χ1n) is 7.02. The molecule has 0 radical (unpaired) electrons. The lowest BCUT2D eigenvalue weighted by molar-refractivity contribution is 0.0951. The van der Waals surface area contributed by atoms with Crippen molar-refractivity contribution in [2.24, 2.45) is 7.05 Å². The number of methoxy groups -OCH3 is 1. The Kier molecular flexibility index (Phi) is 4.28. The van der Waals surface area contributed by atoms with Gasteiger partial charge in [0.2, 0.25) is 0 Å². The van der Waals surface area contributed by atoms with Crippen LogP contribution in [0.3, 0.4) is 0 Å². The summed E-state index contributed by atoms with van der Waals surface area (Å²) in [5.41, 5.74) is 3.31. The van der Waals surface area contributed by atoms with Gasteiger partial charge in [-0.2, -0.15) is 0 Å². The number of aromatic nitrogens is 2. The molecule has 0 aliphatic rings. The highest BCUT2D eigenvalue weighted by atomic mass is 35.5. The Morgan fingerprint density at radius 2 is 2.26 bits per heavy atom. The number of thiophene rings is 1. The normalized spacial score (nSPS) is 11.0. The molecule has 1 aromatic carbocycles. The van der Waals surface area contributed by atoms with Gasteiger partial charge >= 0.3 is 0 Å². The fraction of sp³-hybridized carbons (Fsp3) is 0.250. The zero-order valence-corrected chi connectivity index (χ0v) is 14.6. The van der Waals surface area contributed by atoms with Gasteiger partial charge in [-0.1, -0.05) is 11.6 Å². The number of aryl methyl sites for hydroxylation is 2. The second-order valence-electron chi connectivity index (χ2n) is 5.15. The Morgan fingerprint density at radius 1 is 1.48 bits per heavy atom. The molecule has 0 aliphatic heterocycles. The highest BCUT2D eigenvalue weighted by Gasteiger charge is 2.16. The number of halogens is 1. The molecule has 2 heterocycles. The third kappa shape index (κ3) is 2.92. The van der Waals surface area contributed by atoms with Crippen molar-refractivity contribution in [3.05, 3.63) is 44.9 Å². The summed E-state index contributed by atoms with van der Waals surface area (Å²) in [7, 11) is 3.57. The van der Waals surface area contributed by atoms with Crippen LogP contribution < -0.4 is 10.1 Å². The van der Waals surface area contributed by atoms with Crippen LogP contribution >= 0.6 is 22.9 Å². The van der Waals surface area contributed by atoms with E-state index in [1.807, 2.05) is 30.7 Å². The molecule has 3 rings (SSSR count). The summed E-state index contributed by atoms with van der Waals surface area (Å²) < 4.78 is 8.04. The lowest BCUT2D eigenvalue weighted by Crippen LogP contribution is -2.23. The van der Waals surface area contributed by atoms with Gasteiger partial charge in [-0.15, -0.1) is 11.3 Å². The Labute approximate surface area is 142 Å². The Hall–Kier alpha value is -2.05. The molecule has 1 N–H and O–H groups in total. The summed E-state index contributed by atoms with van der Waals surface area (Å²) in [5, 5.41) is 4.66. The predicted molar refractivity (Wildman–Crippen MR) is 92.5 cm³/mol. The molecule has 2 aromatic heterocycles. The Morgan fingerprint density at radius 3 is 2.91 bits per heavy atom. The van der Waals surface area contributed by atoms with Crippen molar-refractivity contribution in [1.82, 2.24) is 14.9 Å². The first-order chi connectivity index (χ1) is 11.0. The maximum absolute atomic E-state index is 12.2. The van der Waals surface area contributed by atoms with Crippen molar-refractivity contribution < 1.29 is 9.53 Å². The lowest BCUT2D eigenvalue weighted by atomic mass is 10.1. The van der Waals surface area contributed by atoms with Gasteiger partial charge in [-0.05, 0) is 25.1 Å². The third-order valence-electron chi connectivity index (χ3n) is 3.80. The number of hydrogen-bond acceptors (Lipinski definition) is 4. The van der Waals surface area contributed by atoms with Crippen LogP contribution in [0.5, 0.6) is 5.75 Å². The van der Waals surface area contributed by atoms with Crippen LogP contribution in [0.1, 0.15) is 21.7 Å². The highest BCUT2D eigenvalue weighted by molar-refractivity contribution is 7.14. The van der Waals surface area contributed by atoms with Crippen LogP contribution in [0.2, 0.25) is 4.34 Å². The van der Waals surface area contributed by atoms with E-state index < -0.39 is 0 Å². The van der Waals surface area contributed by atoms with Crippen LogP contribution in [0.15, 0.2) is 23.6 Å². The topological polar surface area (TPSA) is 56.1 Å². The summed E-state index contributed by atoms with van der Waals surface area (Å²) in [6.45, 7) is 2.30. The number of nitrogens with one attached hydrogen (secondary N) is 1. The molecule has 120 valence electrons. The number of benzene rings is 1. The molecule has 0 spiro atoms. The van der Waals surface area contributed by atoms with Gasteiger partial charge in [-0.25, -0.2) is 4.98 Å². The minimum Gasteiger partial charge on any atom is -0.496 e. The van der Waals surface area contributed by atoms with Crippen LogP contribution in [0.25, 0.3) is 11.0 Å².